The molecule has 1 saturated heterocycles. The molecule has 5 nitrogen and oxygen atoms in total. The van der Waals surface area contributed by atoms with Crippen LogP contribution in [0.15, 0.2) is 53.4 Å². The number of hydrogen-bond donors (Lipinski definition) is 1. The van der Waals surface area contributed by atoms with Gasteiger partial charge in [-0.3, -0.25) is 4.79 Å². The first-order valence-electron chi connectivity index (χ1n) is 8.11. The van der Waals surface area contributed by atoms with E-state index in [1.807, 2.05) is 0 Å². The Bertz CT molecular complexity index is 903. The van der Waals surface area contributed by atoms with Crippen LogP contribution in [0.1, 0.15) is 11.6 Å². The Morgan fingerprint density at radius 1 is 1.23 bits per heavy atom. The SMILES string of the molecule is O=C(CS(=O)(=O)c1ccc(Cl)cc1)N1CCNCC1c1cccc(F)c1. The van der Waals surface area contributed by atoms with Crippen LogP contribution in [-0.2, 0) is 14.6 Å². The Labute approximate surface area is 156 Å². The lowest BCUT2D eigenvalue weighted by atomic mass is 10.0. The van der Waals surface area contributed by atoms with Gasteiger partial charge in [0.25, 0.3) is 0 Å². The highest BCUT2D eigenvalue weighted by atomic mass is 35.5. The molecule has 3 rings (SSSR count). The fourth-order valence-corrected chi connectivity index (χ4v) is 4.32. The summed E-state index contributed by atoms with van der Waals surface area (Å²) in [5.74, 6) is -1.54. The summed E-state index contributed by atoms with van der Waals surface area (Å²) < 4.78 is 38.6. The first kappa shape index (κ1) is 18.8. The maximum absolute atomic E-state index is 13.5. The maximum Gasteiger partial charge on any atom is 0.238 e. The van der Waals surface area contributed by atoms with Crippen LogP contribution in [0, 0.1) is 5.82 Å². The molecule has 1 unspecified atom stereocenters. The Kier molecular flexibility index (Phi) is 5.60. The molecule has 8 heteroatoms. The van der Waals surface area contributed by atoms with E-state index in [9.17, 15) is 17.6 Å². The summed E-state index contributed by atoms with van der Waals surface area (Å²) in [5.41, 5.74) is 0.634. The highest BCUT2D eigenvalue weighted by Gasteiger charge is 2.31. The molecule has 2 aromatic carbocycles. The lowest BCUT2D eigenvalue weighted by Gasteiger charge is -2.36. The summed E-state index contributed by atoms with van der Waals surface area (Å²) in [6, 6.07) is 11.3. The Balaban J connectivity index is 1.81. The predicted octanol–water partition coefficient (Wildman–Crippen LogP) is 2.43. The molecule has 0 saturated carbocycles. The van der Waals surface area contributed by atoms with E-state index in [0.717, 1.165) is 0 Å². The summed E-state index contributed by atoms with van der Waals surface area (Å²) in [7, 11) is -3.78. The fraction of sp³-hybridized carbons (Fsp3) is 0.278. The van der Waals surface area contributed by atoms with Crippen LogP contribution in [0.4, 0.5) is 4.39 Å². The summed E-state index contributed by atoms with van der Waals surface area (Å²) in [4.78, 5) is 14.3. The first-order valence-corrected chi connectivity index (χ1v) is 10.1. The van der Waals surface area contributed by atoms with Crippen LogP contribution in [0.3, 0.4) is 0 Å². The third-order valence-electron chi connectivity index (χ3n) is 4.28. The lowest BCUT2D eigenvalue weighted by molar-refractivity contribution is -0.131. The average molecular weight is 397 g/mol. The van der Waals surface area contributed by atoms with Crippen LogP contribution < -0.4 is 5.32 Å². The number of carbonyl (C=O) groups is 1. The zero-order valence-corrected chi connectivity index (χ0v) is 15.4. The van der Waals surface area contributed by atoms with Crippen molar-refractivity contribution in [3.05, 3.63) is 64.9 Å². The van der Waals surface area contributed by atoms with E-state index in [2.05, 4.69) is 5.32 Å². The Morgan fingerprint density at radius 2 is 1.96 bits per heavy atom. The van der Waals surface area contributed by atoms with E-state index in [-0.39, 0.29) is 4.90 Å². The molecular weight excluding hydrogens is 379 g/mol. The average Bonchev–Trinajstić information content (AvgIpc) is 2.62. The molecule has 2 aromatic rings. The second kappa shape index (κ2) is 7.73. The zero-order valence-electron chi connectivity index (χ0n) is 13.9. The third-order valence-corrected chi connectivity index (χ3v) is 6.15. The van der Waals surface area contributed by atoms with E-state index in [1.54, 1.807) is 12.1 Å². The summed E-state index contributed by atoms with van der Waals surface area (Å²) in [5, 5.41) is 3.58. The number of carbonyl (C=O) groups excluding carboxylic acids is 1. The number of nitrogens with zero attached hydrogens (tertiary/aromatic N) is 1. The van der Waals surface area contributed by atoms with Gasteiger partial charge < -0.3 is 10.2 Å². The summed E-state index contributed by atoms with van der Waals surface area (Å²) in [6.07, 6.45) is 0. The molecule has 0 bridgehead atoms. The van der Waals surface area contributed by atoms with Gasteiger partial charge in [0.2, 0.25) is 5.91 Å². The molecule has 138 valence electrons. The van der Waals surface area contributed by atoms with E-state index in [0.29, 0.717) is 30.2 Å². The number of benzene rings is 2. The summed E-state index contributed by atoms with van der Waals surface area (Å²) in [6.45, 7) is 1.35. The van der Waals surface area contributed by atoms with E-state index < -0.39 is 33.4 Å². The zero-order chi connectivity index (χ0) is 18.7. The van der Waals surface area contributed by atoms with Gasteiger partial charge in [-0.1, -0.05) is 23.7 Å². The number of hydrogen-bond acceptors (Lipinski definition) is 4. The molecule has 0 aliphatic carbocycles. The van der Waals surface area contributed by atoms with Crippen molar-refractivity contribution in [2.24, 2.45) is 0 Å². The molecule has 0 radical (unpaired) electrons. The minimum absolute atomic E-state index is 0.0488. The topological polar surface area (TPSA) is 66.5 Å². The molecule has 1 amide bonds. The van der Waals surface area contributed by atoms with Crippen molar-refractivity contribution in [2.45, 2.75) is 10.9 Å². The molecule has 0 spiro atoms. The van der Waals surface area contributed by atoms with Crippen LogP contribution in [0.5, 0.6) is 0 Å². The van der Waals surface area contributed by atoms with Crippen molar-refractivity contribution in [1.82, 2.24) is 10.2 Å². The lowest BCUT2D eigenvalue weighted by Crippen LogP contribution is -2.50. The van der Waals surface area contributed by atoms with Crippen molar-refractivity contribution in [2.75, 3.05) is 25.4 Å². The Morgan fingerprint density at radius 3 is 2.65 bits per heavy atom. The molecule has 1 atom stereocenters. The van der Waals surface area contributed by atoms with Gasteiger partial charge in [0.15, 0.2) is 9.84 Å². The number of rotatable bonds is 4. The minimum atomic E-state index is -3.78. The van der Waals surface area contributed by atoms with Crippen molar-refractivity contribution < 1.29 is 17.6 Å². The van der Waals surface area contributed by atoms with Gasteiger partial charge in [0, 0.05) is 24.7 Å². The van der Waals surface area contributed by atoms with Crippen molar-refractivity contribution in [3.63, 3.8) is 0 Å². The van der Waals surface area contributed by atoms with Gasteiger partial charge in [0.05, 0.1) is 10.9 Å². The maximum atomic E-state index is 13.5. The number of sulfone groups is 1. The van der Waals surface area contributed by atoms with Gasteiger partial charge in [0.1, 0.15) is 11.6 Å². The highest BCUT2D eigenvalue weighted by Crippen LogP contribution is 2.24. The molecule has 1 aliphatic heterocycles. The van der Waals surface area contributed by atoms with Crippen molar-refractivity contribution >= 4 is 27.3 Å². The Hall–Kier alpha value is -1.96. The van der Waals surface area contributed by atoms with Crippen molar-refractivity contribution in [1.29, 1.82) is 0 Å². The van der Waals surface area contributed by atoms with Gasteiger partial charge in [-0.25, -0.2) is 12.8 Å². The van der Waals surface area contributed by atoms with E-state index in [1.165, 1.54) is 41.3 Å². The van der Waals surface area contributed by atoms with E-state index in [4.69, 9.17) is 11.6 Å². The largest absolute Gasteiger partial charge is 0.332 e. The molecule has 1 fully saturated rings. The van der Waals surface area contributed by atoms with Crippen LogP contribution in [0.2, 0.25) is 5.02 Å². The third kappa shape index (κ3) is 4.23. The number of nitrogens with one attached hydrogen (secondary N) is 1. The summed E-state index contributed by atoms with van der Waals surface area (Å²) >= 11 is 5.78. The second-order valence-electron chi connectivity index (χ2n) is 6.08. The predicted molar refractivity (Wildman–Crippen MR) is 97.2 cm³/mol. The smallest absolute Gasteiger partial charge is 0.238 e. The van der Waals surface area contributed by atoms with Gasteiger partial charge in [-0.15, -0.1) is 0 Å². The standard InChI is InChI=1S/C18H18ClFN2O3S/c19-14-4-6-16(7-5-14)26(24,25)12-18(23)22-9-8-21-11-17(22)13-2-1-3-15(20)10-13/h1-7,10,17,21H,8-9,11-12H2. The number of halogens is 2. The molecule has 1 N–H and O–H groups in total. The van der Waals surface area contributed by atoms with Crippen molar-refractivity contribution in [3.8, 4) is 0 Å². The van der Waals surface area contributed by atoms with E-state index >= 15 is 0 Å². The minimum Gasteiger partial charge on any atom is -0.332 e. The van der Waals surface area contributed by atoms with Crippen LogP contribution >= 0.6 is 11.6 Å². The normalized spacial score (nSPS) is 17.9. The molecule has 0 aromatic heterocycles. The van der Waals surface area contributed by atoms with Crippen LogP contribution in [0.25, 0.3) is 0 Å². The van der Waals surface area contributed by atoms with Gasteiger partial charge in [-0.05, 0) is 42.0 Å². The second-order valence-corrected chi connectivity index (χ2v) is 8.50. The number of amides is 1. The number of piperazine rings is 1. The molecular formula is C18H18ClFN2O3S. The molecule has 26 heavy (non-hydrogen) atoms. The monoisotopic (exact) mass is 396 g/mol. The molecule has 1 aliphatic rings. The highest BCUT2D eigenvalue weighted by molar-refractivity contribution is 7.92. The van der Waals surface area contributed by atoms with Gasteiger partial charge in [-0.2, -0.15) is 0 Å². The molecule has 1 heterocycles. The quantitative estimate of drug-likeness (QED) is 0.862. The fourth-order valence-electron chi connectivity index (χ4n) is 2.99. The first-order chi connectivity index (χ1) is 12.4. The van der Waals surface area contributed by atoms with Crippen LogP contribution in [-0.4, -0.2) is 44.6 Å². The van der Waals surface area contributed by atoms with Gasteiger partial charge >= 0.3 is 0 Å².